The van der Waals surface area contributed by atoms with E-state index in [1.165, 1.54) is 19.3 Å². The molecule has 0 aromatic heterocycles. The summed E-state index contributed by atoms with van der Waals surface area (Å²) >= 11 is 2.21. The summed E-state index contributed by atoms with van der Waals surface area (Å²) < 4.78 is 1.02. The predicted molar refractivity (Wildman–Crippen MR) is 78.0 cm³/mol. The van der Waals surface area contributed by atoms with Crippen LogP contribution in [-0.4, -0.2) is 11.9 Å². The van der Waals surface area contributed by atoms with Gasteiger partial charge in [-0.1, -0.05) is 31.9 Å². The summed E-state index contributed by atoms with van der Waals surface area (Å²) in [5.41, 5.74) is 0.797. The van der Waals surface area contributed by atoms with Crippen molar-refractivity contribution in [2.75, 3.05) is 0 Å². The van der Waals surface area contributed by atoms with E-state index in [1.807, 2.05) is 24.3 Å². The lowest BCUT2D eigenvalue weighted by atomic mass is 9.86. The average molecular weight is 343 g/mol. The second-order valence-corrected chi connectivity index (χ2v) is 5.98. The van der Waals surface area contributed by atoms with E-state index in [9.17, 15) is 4.79 Å². The summed E-state index contributed by atoms with van der Waals surface area (Å²) in [6.07, 6.45) is 4.89. The number of nitrogens with one attached hydrogen (secondary N) is 1. The summed E-state index contributed by atoms with van der Waals surface area (Å²) in [4.78, 5) is 12.2. The Bertz CT molecular complexity index is 405. The van der Waals surface area contributed by atoms with Crippen LogP contribution < -0.4 is 5.32 Å². The van der Waals surface area contributed by atoms with Crippen LogP contribution in [0.25, 0.3) is 0 Å². The highest BCUT2D eigenvalue weighted by atomic mass is 127. The van der Waals surface area contributed by atoms with E-state index in [0.29, 0.717) is 12.0 Å². The average Bonchev–Trinajstić information content (AvgIpc) is 2.32. The minimum atomic E-state index is 0.0775. The molecule has 0 unspecified atom stereocenters. The van der Waals surface area contributed by atoms with E-state index >= 15 is 0 Å². The Balaban J connectivity index is 2.04. The van der Waals surface area contributed by atoms with Gasteiger partial charge in [0.2, 0.25) is 0 Å². The first kappa shape index (κ1) is 12.9. The molecule has 0 heterocycles. The number of hydrogen-bond acceptors (Lipinski definition) is 1. The number of hydrogen-bond donors (Lipinski definition) is 1. The maximum Gasteiger partial charge on any atom is 0.252 e. The molecule has 92 valence electrons. The van der Waals surface area contributed by atoms with Gasteiger partial charge in [0.1, 0.15) is 0 Å². The van der Waals surface area contributed by atoms with Crippen LogP contribution in [-0.2, 0) is 0 Å². The van der Waals surface area contributed by atoms with Gasteiger partial charge in [-0.2, -0.15) is 0 Å². The molecule has 0 bridgehead atoms. The van der Waals surface area contributed by atoms with Crippen molar-refractivity contribution in [2.45, 2.75) is 38.6 Å². The Labute approximate surface area is 116 Å². The van der Waals surface area contributed by atoms with Crippen molar-refractivity contribution in [3.05, 3.63) is 33.4 Å². The first-order valence-electron chi connectivity index (χ1n) is 6.24. The van der Waals surface area contributed by atoms with Crippen LogP contribution in [0, 0.1) is 9.49 Å². The van der Waals surface area contributed by atoms with Crippen molar-refractivity contribution in [3.63, 3.8) is 0 Å². The third-order valence-corrected chi connectivity index (χ3v) is 4.49. The summed E-state index contributed by atoms with van der Waals surface area (Å²) in [5, 5.41) is 3.18. The van der Waals surface area contributed by atoms with Gasteiger partial charge in [0.15, 0.2) is 0 Å². The fourth-order valence-corrected chi connectivity index (χ4v) is 3.05. The molecule has 2 nitrogen and oxygen atoms in total. The molecule has 3 heteroatoms. The van der Waals surface area contributed by atoms with Crippen molar-refractivity contribution in [3.8, 4) is 0 Å². The van der Waals surface area contributed by atoms with E-state index in [-0.39, 0.29) is 5.91 Å². The summed E-state index contributed by atoms with van der Waals surface area (Å²) in [5.74, 6) is 0.683. The minimum absolute atomic E-state index is 0.0775. The van der Waals surface area contributed by atoms with E-state index in [2.05, 4.69) is 34.8 Å². The Kier molecular flexibility index (Phi) is 4.42. The largest absolute Gasteiger partial charge is 0.349 e. The summed E-state index contributed by atoms with van der Waals surface area (Å²) in [7, 11) is 0. The molecule has 1 fully saturated rings. The number of amides is 1. The van der Waals surface area contributed by atoms with E-state index < -0.39 is 0 Å². The summed E-state index contributed by atoms with van der Waals surface area (Å²) in [6, 6.07) is 8.10. The zero-order valence-electron chi connectivity index (χ0n) is 10.1. The van der Waals surface area contributed by atoms with Crippen molar-refractivity contribution in [1.82, 2.24) is 5.32 Å². The van der Waals surface area contributed by atoms with E-state index in [4.69, 9.17) is 0 Å². The highest BCUT2D eigenvalue weighted by Gasteiger charge is 2.23. The third kappa shape index (κ3) is 3.21. The Morgan fingerprint density at radius 3 is 2.71 bits per heavy atom. The van der Waals surface area contributed by atoms with Crippen LogP contribution in [0.5, 0.6) is 0 Å². The van der Waals surface area contributed by atoms with Crippen LogP contribution in [0.4, 0.5) is 0 Å². The zero-order valence-corrected chi connectivity index (χ0v) is 12.2. The number of carbonyl (C=O) groups excluding carboxylic acids is 1. The van der Waals surface area contributed by atoms with E-state index in [1.54, 1.807) is 0 Å². The Morgan fingerprint density at radius 2 is 2.00 bits per heavy atom. The highest BCUT2D eigenvalue weighted by molar-refractivity contribution is 14.1. The van der Waals surface area contributed by atoms with Gasteiger partial charge in [0.25, 0.3) is 5.91 Å². The van der Waals surface area contributed by atoms with Gasteiger partial charge >= 0.3 is 0 Å². The van der Waals surface area contributed by atoms with Gasteiger partial charge in [-0.05, 0) is 53.5 Å². The second-order valence-electron chi connectivity index (χ2n) is 4.82. The van der Waals surface area contributed by atoms with E-state index in [0.717, 1.165) is 15.6 Å². The SMILES string of the molecule is C[C@@H]1CCCC[C@H]1NC(=O)c1ccccc1I. The van der Waals surface area contributed by atoms with Crippen molar-refractivity contribution >= 4 is 28.5 Å². The highest BCUT2D eigenvalue weighted by Crippen LogP contribution is 2.24. The van der Waals surface area contributed by atoms with Crippen LogP contribution in [0.1, 0.15) is 43.0 Å². The van der Waals surface area contributed by atoms with Crippen LogP contribution in [0.3, 0.4) is 0 Å². The fourth-order valence-electron chi connectivity index (χ4n) is 2.42. The molecular weight excluding hydrogens is 325 g/mol. The number of rotatable bonds is 2. The Morgan fingerprint density at radius 1 is 1.29 bits per heavy atom. The fraction of sp³-hybridized carbons (Fsp3) is 0.500. The molecule has 1 N–H and O–H groups in total. The van der Waals surface area contributed by atoms with Gasteiger partial charge in [-0.3, -0.25) is 4.79 Å². The van der Waals surface area contributed by atoms with Gasteiger partial charge in [0, 0.05) is 9.61 Å². The van der Waals surface area contributed by atoms with Crippen molar-refractivity contribution < 1.29 is 4.79 Å². The molecule has 2 atom stereocenters. The van der Waals surface area contributed by atoms with Crippen LogP contribution in [0.2, 0.25) is 0 Å². The molecule has 0 radical (unpaired) electrons. The Hall–Kier alpha value is -0.580. The molecule has 1 aromatic rings. The van der Waals surface area contributed by atoms with Crippen molar-refractivity contribution in [2.24, 2.45) is 5.92 Å². The quantitative estimate of drug-likeness (QED) is 0.817. The normalized spacial score (nSPS) is 24.4. The lowest BCUT2D eigenvalue weighted by molar-refractivity contribution is 0.0909. The maximum atomic E-state index is 12.2. The molecule has 0 saturated heterocycles. The standard InChI is InChI=1S/C14H18INO/c1-10-6-2-5-9-13(10)16-14(17)11-7-3-4-8-12(11)15/h3-4,7-8,10,13H,2,5-6,9H2,1H3,(H,16,17)/t10-,13-/m1/s1. The lowest BCUT2D eigenvalue weighted by Gasteiger charge is -2.29. The molecule has 17 heavy (non-hydrogen) atoms. The molecule has 1 aliphatic carbocycles. The molecule has 0 spiro atoms. The van der Waals surface area contributed by atoms with Gasteiger partial charge in [-0.15, -0.1) is 0 Å². The predicted octanol–water partition coefficient (Wildman–Crippen LogP) is 3.60. The second kappa shape index (κ2) is 5.85. The summed E-state index contributed by atoms with van der Waals surface area (Å²) in [6.45, 7) is 2.24. The smallest absolute Gasteiger partial charge is 0.252 e. The maximum absolute atomic E-state index is 12.2. The molecule has 2 rings (SSSR count). The molecule has 1 aliphatic rings. The number of benzene rings is 1. The van der Waals surface area contributed by atoms with Gasteiger partial charge < -0.3 is 5.32 Å². The van der Waals surface area contributed by atoms with Crippen LogP contribution in [0.15, 0.2) is 24.3 Å². The third-order valence-electron chi connectivity index (χ3n) is 3.55. The first-order chi connectivity index (χ1) is 8.18. The number of halogens is 1. The van der Waals surface area contributed by atoms with Gasteiger partial charge in [0.05, 0.1) is 5.56 Å². The minimum Gasteiger partial charge on any atom is -0.349 e. The lowest BCUT2D eigenvalue weighted by Crippen LogP contribution is -2.41. The monoisotopic (exact) mass is 343 g/mol. The first-order valence-corrected chi connectivity index (χ1v) is 7.32. The van der Waals surface area contributed by atoms with Gasteiger partial charge in [-0.25, -0.2) is 0 Å². The molecule has 1 saturated carbocycles. The molecular formula is C14H18INO. The molecule has 1 aromatic carbocycles. The van der Waals surface area contributed by atoms with Crippen molar-refractivity contribution in [1.29, 1.82) is 0 Å². The topological polar surface area (TPSA) is 29.1 Å². The molecule has 0 aliphatic heterocycles. The number of carbonyl (C=O) groups is 1. The molecule has 1 amide bonds. The zero-order chi connectivity index (χ0) is 12.3. The van der Waals surface area contributed by atoms with Crippen LogP contribution >= 0.6 is 22.6 Å².